The maximum absolute atomic E-state index is 12.5. The number of carbonyl (C=O) groups excluding carboxylic acids is 1. The predicted octanol–water partition coefficient (Wildman–Crippen LogP) is 5.47. The highest BCUT2D eigenvalue weighted by Gasteiger charge is 2.20. The molecule has 4 rings (SSSR count). The SMILES string of the molecule is C[C@@H](NC(=O)c1ccco1)c1nc2ccccc2n1Cc1ccc(C(C)(C)C)cc1. The average Bonchev–Trinajstić information content (AvgIpc) is 3.36. The molecule has 2 aromatic heterocycles. The Hall–Kier alpha value is -3.34. The molecule has 154 valence electrons. The first kappa shape index (κ1) is 20.0. The van der Waals surface area contributed by atoms with E-state index in [9.17, 15) is 4.79 Å². The van der Waals surface area contributed by atoms with Crippen LogP contribution in [-0.2, 0) is 12.0 Å². The number of aromatic nitrogens is 2. The highest BCUT2D eigenvalue weighted by Crippen LogP contribution is 2.25. The normalized spacial score (nSPS) is 12.8. The molecule has 0 fully saturated rings. The zero-order chi connectivity index (χ0) is 21.3. The Bertz CT molecular complexity index is 1150. The van der Waals surface area contributed by atoms with Crippen molar-refractivity contribution in [1.82, 2.24) is 14.9 Å². The minimum absolute atomic E-state index is 0.121. The van der Waals surface area contributed by atoms with Crippen molar-refractivity contribution in [3.63, 3.8) is 0 Å². The van der Waals surface area contributed by atoms with Gasteiger partial charge in [0.25, 0.3) is 5.91 Å². The summed E-state index contributed by atoms with van der Waals surface area (Å²) in [5.41, 5.74) is 4.58. The van der Waals surface area contributed by atoms with E-state index < -0.39 is 0 Å². The Kier molecular flexibility index (Phi) is 5.20. The summed E-state index contributed by atoms with van der Waals surface area (Å²) in [6.07, 6.45) is 1.50. The van der Waals surface area contributed by atoms with Crippen LogP contribution in [0, 0.1) is 0 Å². The van der Waals surface area contributed by atoms with Gasteiger partial charge in [-0.05, 0) is 47.7 Å². The molecule has 4 aromatic rings. The summed E-state index contributed by atoms with van der Waals surface area (Å²) in [5, 5.41) is 3.00. The molecular weight excluding hydrogens is 374 g/mol. The van der Waals surface area contributed by atoms with Gasteiger partial charge in [-0.15, -0.1) is 0 Å². The molecule has 0 aliphatic heterocycles. The van der Waals surface area contributed by atoms with Crippen LogP contribution >= 0.6 is 0 Å². The van der Waals surface area contributed by atoms with Gasteiger partial charge in [-0.25, -0.2) is 4.98 Å². The molecule has 0 aliphatic carbocycles. The first-order valence-electron chi connectivity index (χ1n) is 10.2. The summed E-state index contributed by atoms with van der Waals surface area (Å²) in [4.78, 5) is 17.3. The van der Waals surface area contributed by atoms with Gasteiger partial charge in [0.2, 0.25) is 0 Å². The number of nitrogens with zero attached hydrogens (tertiary/aromatic N) is 2. The molecular formula is C25H27N3O2. The summed E-state index contributed by atoms with van der Waals surface area (Å²) in [7, 11) is 0. The van der Waals surface area contributed by atoms with E-state index in [-0.39, 0.29) is 17.4 Å². The third-order valence-electron chi connectivity index (χ3n) is 5.32. The second kappa shape index (κ2) is 7.82. The van der Waals surface area contributed by atoms with Crippen LogP contribution in [0.15, 0.2) is 71.3 Å². The van der Waals surface area contributed by atoms with Gasteiger partial charge in [-0.2, -0.15) is 0 Å². The van der Waals surface area contributed by atoms with E-state index in [0.717, 1.165) is 16.9 Å². The summed E-state index contributed by atoms with van der Waals surface area (Å²) < 4.78 is 7.39. The molecule has 0 unspecified atom stereocenters. The molecule has 1 atom stereocenters. The smallest absolute Gasteiger partial charge is 0.287 e. The first-order valence-corrected chi connectivity index (χ1v) is 10.2. The number of rotatable bonds is 5. The highest BCUT2D eigenvalue weighted by atomic mass is 16.3. The van der Waals surface area contributed by atoms with Gasteiger partial charge in [0.05, 0.1) is 23.3 Å². The van der Waals surface area contributed by atoms with Gasteiger partial charge >= 0.3 is 0 Å². The van der Waals surface area contributed by atoms with E-state index in [4.69, 9.17) is 9.40 Å². The second-order valence-electron chi connectivity index (χ2n) is 8.66. The quantitative estimate of drug-likeness (QED) is 0.483. The zero-order valence-electron chi connectivity index (χ0n) is 17.8. The molecule has 1 amide bonds. The molecule has 1 N–H and O–H groups in total. The number of fused-ring (bicyclic) bond motifs is 1. The van der Waals surface area contributed by atoms with Crippen LogP contribution in [0.5, 0.6) is 0 Å². The van der Waals surface area contributed by atoms with Crippen LogP contribution in [0.2, 0.25) is 0 Å². The highest BCUT2D eigenvalue weighted by molar-refractivity contribution is 5.91. The zero-order valence-corrected chi connectivity index (χ0v) is 17.8. The minimum Gasteiger partial charge on any atom is -0.459 e. The van der Waals surface area contributed by atoms with Gasteiger partial charge in [0.15, 0.2) is 5.76 Å². The molecule has 0 bridgehead atoms. The molecule has 5 heteroatoms. The molecule has 0 aliphatic rings. The lowest BCUT2D eigenvalue weighted by Gasteiger charge is -2.20. The lowest BCUT2D eigenvalue weighted by molar-refractivity contribution is 0.0909. The fourth-order valence-electron chi connectivity index (χ4n) is 3.62. The number of furan rings is 1. The standard InChI is InChI=1S/C25H27N3O2/c1-17(26-24(29)22-10-7-15-30-22)23-27-20-8-5-6-9-21(20)28(23)16-18-11-13-19(14-12-18)25(2,3)4/h5-15,17H,16H2,1-4H3,(H,26,29)/t17-/m1/s1. The number of hydrogen-bond donors (Lipinski definition) is 1. The molecule has 0 saturated carbocycles. The largest absolute Gasteiger partial charge is 0.459 e. The lowest BCUT2D eigenvalue weighted by Crippen LogP contribution is -2.28. The van der Waals surface area contributed by atoms with Crippen molar-refractivity contribution in [3.05, 3.63) is 89.6 Å². The number of amides is 1. The van der Waals surface area contributed by atoms with Crippen LogP contribution in [0.25, 0.3) is 11.0 Å². The van der Waals surface area contributed by atoms with Crippen LogP contribution in [0.1, 0.15) is 61.2 Å². The van der Waals surface area contributed by atoms with E-state index >= 15 is 0 Å². The van der Waals surface area contributed by atoms with Crippen LogP contribution < -0.4 is 5.32 Å². The van der Waals surface area contributed by atoms with Crippen molar-refractivity contribution in [2.45, 2.75) is 45.7 Å². The van der Waals surface area contributed by atoms with Gasteiger partial charge in [0, 0.05) is 6.54 Å². The van der Waals surface area contributed by atoms with Crippen molar-refractivity contribution in [2.24, 2.45) is 0 Å². The Labute approximate surface area is 176 Å². The number of carbonyl (C=O) groups is 1. The van der Waals surface area contributed by atoms with E-state index in [0.29, 0.717) is 12.3 Å². The molecule has 0 radical (unpaired) electrons. The first-order chi connectivity index (χ1) is 14.3. The lowest BCUT2D eigenvalue weighted by atomic mass is 9.87. The summed E-state index contributed by atoms with van der Waals surface area (Å²) in [6, 6.07) is 19.9. The van der Waals surface area contributed by atoms with E-state index in [1.807, 2.05) is 25.1 Å². The maximum atomic E-state index is 12.5. The maximum Gasteiger partial charge on any atom is 0.287 e. The van der Waals surface area contributed by atoms with E-state index in [1.54, 1.807) is 12.1 Å². The molecule has 5 nitrogen and oxygen atoms in total. The number of hydrogen-bond acceptors (Lipinski definition) is 3. The molecule has 2 heterocycles. The number of imidazole rings is 1. The fourth-order valence-corrected chi connectivity index (χ4v) is 3.62. The molecule has 0 saturated heterocycles. The van der Waals surface area contributed by atoms with E-state index in [2.05, 4.69) is 61.0 Å². The topological polar surface area (TPSA) is 60.1 Å². The van der Waals surface area contributed by atoms with Crippen LogP contribution in [0.4, 0.5) is 0 Å². The van der Waals surface area contributed by atoms with Crippen LogP contribution in [0.3, 0.4) is 0 Å². The number of nitrogens with one attached hydrogen (secondary N) is 1. The van der Waals surface area contributed by atoms with Crippen molar-refractivity contribution >= 4 is 16.9 Å². The van der Waals surface area contributed by atoms with Gasteiger partial charge < -0.3 is 14.3 Å². The number of benzene rings is 2. The van der Waals surface area contributed by atoms with Gasteiger partial charge in [-0.1, -0.05) is 57.2 Å². The van der Waals surface area contributed by atoms with Gasteiger partial charge in [-0.3, -0.25) is 4.79 Å². The molecule has 0 spiro atoms. The third kappa shape index (κ3) is 4.01. The van der Waals surface area contributed by atoms with Crippen molar-refractivity contribution in [1.29, 1.82) is 0 Å². The second-order valence-corrected chi connectivity index (χ2v) is 8.66. The predicted molar refractivity (Wildman–Crippen MR) is 119 cm³/mol. The Morgan fingerprint density at radius 1 is 1.07 bits per heavy atom. The average molecular weight is 402 g/mol. The van der Waals surface area contributed by atoms with Crippen molar-refractivity contribution < 1.29 is 9.21 Å². The third-order valence-corrected chi connectivity index (χ3v) is 5.32. The molecule has 2 aromatic carbocycles. The fraction of sp³-hybridized carbons (Fsp3) is 0.280. The summed E-state index contributed by atoms with van der Waals surface area (Å²) in [5.74, 6) is 0.860. The van der Waals surface area contributed by atoms with Crippen molar-refractivity contribution in [2.75, 3.05) is 0 Å². The Morgan fingerprint density at radius 2 is 1.80 bits per heavy atom. The Morgan fingerprint density at radius 3 is 2.47 bits per heavy atom. The van der Waals surface area contributed by atoms with Gasteiger partial charge in [0.1, 0.15) is 5.82 Å². The van der Waals surface area contributed by atoms with Crippen LogP contribution in [-0.4, -0.2) is 15.5 Å². The minimum atomic E-state index is -0.274. The number of para-hydroxylation sites is 2. The van der Waals surface area contributed by atoms with E-state index in [1.165, 1.54) is 17.4 Å². The monoisotopic (exact) mass is 401 g/mol. The molecule has 30 heavy (non-hydrogen) atoms. The summed E-state index contributed by atoms with van der Waals surface area (Å²) >= 11 is 0. The Balaban J connectivity index is 1.66. The summed E-state index contributed by atoms with van der Waals surface area (Å²) in [6.45, 7) is 9.27. The van der Waals surface area contributed by atoms with Crippen molar-refractivity contribution in [3.8, 4) is 0 Å².